The first-order valence-electron chi connectivity index (χ1n) is 12.8. The molecule has 0 bridgehead atoms. The number of hydrazine groups is 1. The molecule has 1 fully saturated rings. The second kappa shape index (κ2) is 13.1. The van der Waals surface area contributed by atoms with Gasteiger partial charge in [-0.1, -0.05) is 62.4 Å². The topological polar surface area (TPSA) is 100 Å². The molecule has 2 rings (SSSR count). The first kappa shape index (κ1) is 28.9. The van der Waals surface area contributed by atoms with Gasteiger partial charge in [-0.2, -0.15) is 0 Å². The second-order valence-electron chi connectivity index (χ2n) is 11.5. The van der Waals surface area contributed by atoms with Crippen molar-refractivity contribution in [3.8, 4) is 0 Å². The summed E-state index contributed by atoms with van der Waals surface area (Å²) >= 11 is 0. The first-order chi connectivity index (χ1) is 16.3. The van der Waals surface area contributed by atoms with Crippen molar-refractivity contribution in [1.29, 1.82) is 0 Å². The number of aliphatic hydroxyl groups is 1. The summed E-state index contributed by atoms with van der Waals surface area (Å²) in [5.74, 6) is 0.430. The van der Waals surface area contributed by atoms with Gasteiger partial charge in [0.1, 0.15) is 11.2 Å². The molecular formula is C27H45N3O5. The number of hydrogen-bond donors (Lipinski definition) is 3. The Bertz CT molecular complexity index is 782. The number of aliphatic hydroxyl groups excluding tert-OH is 1. The van der Waals surface area contributed by atoms with Gasteiger partial charge in [-0.25, -0.2) is 14.6 Å². The average molecular weight is 492 g/mol. The molecule has 0 heterocycles. The van der Waals surface area contributed by atoms with Crippen LogP contribution in [0.25, 0.3) is 0 Å². The van der Waals surface area contributed by atoms with Crippen LogP contribution in [0.3, 0.4) is 0 Å². The van der Waals surface area contributed by atoms with E-state index < -0.39 is 35.5 Å². The van der Waals surface area contributed by atoms with E-state index in [9.17, 15) is 14.7 Å². The lowest BCUT2D eigenvalue weighted by atomic mass is 9.83. The summed E-state index contributed by atoms with van der Waals surface area (Å²) in [6.45, 7) is 11.3. The molecule has 198 valence electrons. The fraction of sp³-hybridized carbons (Fsp3) is 0.704. The van der Waals surface area contributed by atoms with Gasteiger partial charge in [0, 0.05) is 13.1 Å². The lowest BCUT2D eigenvalue weighted by molar-refractivity contribution is 0.00755. The van der Waals surface area contributed by atoms with Crippen LogP contribution in [0.4, 0.5) is 9.59 Å². The maximum Gasteiger partial charge on any atom is 0.422 e. The minimum atomic E-state index is -0.928. The van der Waals surface area contributed by atoms with E-state index >= 15 is 0 Å². The van der Waals surface area contributed by atoms with E-state index in [1.807, 2.05) is 51.1 Å². The van der Waals surface area contributed by atoms with Crippen molar-refractivity contribution in [3.05, 3.63) is 35.9 Å². The van der Waals surface area contributed by atoms with Gasteiger partial charge in [0.2, 0.25) is 0 Å². The van der Waals surface area contributed by atoms with E-state index in [4.69, 9.17) is 9.47 Å². The van der Waals surface area contributed by atoms with Crippen LogP contribution in [-0.2, 0) is 16.0 Å². The summed E-state index contributed by atoms with van der Waals surface area (Å²) in [6, 6.07) is 9.17. The summed E-state index contributed by atoms with van der Waals surface area (Å²) in [4.78, 5) is 25.1. The maximum atomic E-state index is 12.6. The third-order valence-corrected chi connectivity index (χ3v) is 5.75. The molecule has 35 heavy (non-hydrogen) atoms. The quantitative estimate of drug-likeness (QED) is 0.413. The third kappa shape index (κ3) is 12.3. The van der Waals surface area contributed by atoms with E-state index in [-0.39, 0.29) is 6.54 Å². The number of nitrogens with zero attached hydrogens (tertiary/aromatic N) is 1. The smallest absolute Gasteiger partial charge is 0.422 e. The Hall–Kier alpha value is -2.32. The molecule has 1 aliphatic rings. The summed E-state index contributed by atoms with van der Waals surface area (Å²) in [5, 5.41) is 15.8. The number of ether oxygens (including phenoxy) is 2. The molecule has 3 N–H and O–H groups in total. The zero-order chi connectivity index (χ0) is 26.1. The van der Waals surface area contributed by atoms with Gasteiger partial charge in [-0.3, -0.25) is 5.43 Å². The van der Waals surface area contributed by atoms with Crippen molar-refractivity contribution in [2.45, 2.75) is 110 Å². The predicted molar refractivity (Wildman–Crippen MR) is 137 cm³/mol. The van der Waals surface area contributed by atoms with Crippen molar-refractivity contribution in [1.82, 2.24) is 15.8 Å². The van der Waals surface area contributed by atoms with Crippen molar-refractivity contribution < 1.29 is 24.2 Å². The molecule has 0 aliphatic heterocycles. The molecule has 2 atom stereocenters. The van der Waals surface area contributed by atoms with Crippen LogP contribution < -0.4 is 10.7 Å². The number of amides is 2. The molecule has 8 nitrogen and oxygen atoms in total. The van der Waals surface area contributed by atoms with E-state index in [1.165, 1.54) is 19.3 Å². The molecule has 0 spiro atoms. The molecule has 8 heteroatoms. The minimum absolute atomic E-state index is 0.112. The Morgan fingerprint density at radius 1 is 0.971 bits per heavy atom. The summed E-state index contributed by atoms with van der Waals surface area (Å²) in [7, 11) is 0. The monoisotopic (exact) mass is 491 g/mol. The van der Waals surface area contributed by atoms with Gasteiger partial charge in [-0.15, -0.1) is 0 Å². The maximum absolute atomic E-state index is 12.6. The molecule has 0 saturated heterocycles. The number of carbonyl (C=O) groups is 2. The summed E-state index contributed by atoms with van der Waals surface area (Å²) < 4.78 is 10.9. The van der Waals surface area contributed by atoms with Crippen LogP contribution >= 0.6 is 0 Å². The fourth-order valence-electron chi connectivity index (χ4n) is 4.29. The standard InChI is InChI=1S/C27H45N3O5/c1-26(2,3)34-24(32)28-22(17-20-13-9-7-10-14-20)23(31)19-30(18-21-15-11-8-12-16-21)29-25(33)35-27(4,5)6/h8,11-12,15-16,20,22-23,31H,7,9-10,13-14,17-19H2,1-6H3,(H,28,32)(H,29,33)/t22-,23-/m0/s1. The number of carbonyl (C=O) groups excluding carboxylic acids is 2. The molecule has 1 aromatic carbocycles. The van der Waals surface area contributed by atoms with Gasteiger partial charge in [-0.05, 0) is 59.4 Å². The second-order valence-corrected chi connectivity index (χ2v) is 11.5. The van der Waals surface area contributed by atoms with Crippen LogP contribution in [-0.4, -0.2) is 52.2 Å². The van der Waals surface area contributed by atoms with E-state index in [0.29, 0.717) is 18.9 Å². The predicted octanol–water partition coefficient (Wildman–Crippen LogP) is 5.15. The average Bonchev–Trinajstić information content (AvgIpc) is 2.72. The number of hydrogen-bond acceptors (Lipinski definition) is 6. The molecule has 0 unspecified atom stereocenters. The molecule has 1 aliphatic carbocycles. The number of benzene rings is 1. The normalized spacial score (nSPS) is 16.9. The first-order valence-corrected chi connectivity index (χ1v) is 12.8. The number of alkyl carbamates (subject to hydrolysis) is 1. The molecule has 1 aromatic rings. The van der Waals surface area contributed by atoms with E-state index in [2.05, 4.69) is 10.7 Å². The van der Waals surface area contributed by atoms with E-state index in [0.717, 1.165) is 18.4 Å². The van der Waals surface area contributed by atoms with Crippen LogP contribution in [0.15, 0.2) is 30.3 Å². The highest BCUT2D eigenvalue weighted by atomic mass is 16.6. The largest absolute Gasteiger partial charge is 0.444 e. The van der Waals surface area contributed by atoms with Crippen molar-refractivity contribution in [3.63, 3.8) is 0 Å². The zero-order valence-electron chi connectivity index (χ0n) is 22.3. The minimum Gasteiger partial charge on any atom is -0.444 e. The van der Waals surface area contributed by atoms with Crippen molar-refractivity contribution >= 4 is 12.2 Å². The third-order valence-electron chi connectivity index (χ3n) is 5.75. The van der Waals surface area contributed by atoms with Crippen LogP contribution in [0.1, 0.15) is 85.6 Å². The Morgan fingerprint density at radius 3 is 2.11 bits per heavy atom. The highest BCUT2D eigenvalue weighted by Crippen LogP contribution is 2.28. The van der Waals surface area contributed by atoms with Gasteiger partial charge in [0.25, 0.3) is 0 Å². The van der Waals surface area contributed by atoms with Crippen LogP contribution in [0, 0.1) is 5.92 Å². The molecular weight excluding hydrogens is 446 g/mol. The van der Waals surface area contributed by atoms with Crippen molar-refractivity contribution in [2.24, 2.45) is 5.92 Å². The number of rotatable bonds is 9. The van der Waals surface area contributed by atoms with Crippen molar-refractivity contribution in [2.75, 3.05) is 6.54 Å². The Morgan fingerprint density at radius 2 is 1.54 bits per heavy atom. The molecule has 1 saturated carbocycles. The zero-order valence-corrected chi connectivity index (χ0v) is 22.3. The molecule has 0 radical (unpaired) electrons. The highest BCUT2D eigenvalue weighted by Gasteiger charge is 2.30. The Balaban J connectivity index is 2.14. The lowest BCUT2D eigenvalue weighted by Crippen LogP contribution is -2.53. The van der Waals surface area contributed by atoms with Gasteiger partial charge >= 0.3 is 12.2 Å². The fourth-order valence-corrected chi connectivity index (χ4v) is 4.29. The number of nitrogens with one attached hydrogen (secondary N) is 2. The highest BCUT2D eigenvalue weighted by molar-refractivity contribution is 5.68. The van der Waals surface area contributed by atoms with Crippen LogP contribution in [0.5, 0.6) is 0 Å². The van der Waals surface area contributed by atoms with E-state index in [1.54, 1.807) is 25.8 Å². The summed E-state index contributed by atoms with van der Waals surface area (Å²) in [5.41, 5.74) is 2.46. The lowest BCUT2D eigenvalue weighted by Gasteiger charge is -2.34. The van der Waals surface area contributed by atoms with Gasteiger partial charge in [0.05, 0.1) is 12.1 Å². The van der Waals surface area contributed by atoms with Gasteiger partial charge in [0.15, 0.2) is 0 Å². The molecule has 0 aromatic heterocycles. The SMILES string of the molecule is CC(C)(C)OC(=O)N[C@@H](CC1CCCCC1)[C@@H](O)CN(Cc1ccccc1)NC(=O)OC(C)(C)C. The Labute approximate surface area is 210 Å². The molecule has 2 amide bonds. The Kier molecular flexibility index (Phi) is 10.8. The van der Waals surface area contributed by atoms with Crippen LogP contribution in [0.2, 0.25) is 0 Å². The summed E-state index contributed by atoms with van der Waals surface area (Å²) in [6.07, 6.45) is 4.33. The van der Waals surface area contributed by atoms with Gasteiger partial charge < -0.3 is 19.9 Å².